The molecule has 0 radical (unpaired) electrons. The van der Waals surface area contributed by atoms with Gasteiger partial charge in [-0.3, -0.25) is 4.79 Å². The third-order valence-electron chi connectivity index (χ3n) is 2.65. The molecule has 0 atom stereocenters. The lowest BCUT2D eigenvalue weighted by Gasteiger charge is -2.08. The third kappa shape index (κ3) is 3.83. The van der Waals surface area contributed by atoms with Gasteiger partial charge in [-0.15, -0.1) is 0 Å². The predicted octanol–water partition coefficient (Wildman–Crippen LogP) is 4.16. The number of nitrogens with one attached hydrogen (secondary N) is 1. The average molecular weight is 332 g/mol. The minimum absolute atomic E-state index is 0.00868. The van der Waals surface area contributed by atoms with Crippen LogP contribution in [0.15, 0.2) is 30.3 Å². The summed E-state index contributed by atoms with van der Waals surface area (Å²) in [7, 11) is 0. The summed E-state index contributed by atoms with van der Waals surface area (Å²) in [6, 6.07) is 5.87. The number of phenolic OH excluding ortho intramolecular Hbond substituents is 1. The van der Waals surface area contributed by atoms with E-state index in [9.17, 15) is 18.7 Å². The van der Waals surface area contributed by atoms with Gasteiger partial charge in [0, 0.05) is 5.69 Å². The van der Waals surface area contributed by atoms with Gasteiger partial charge in [0.15, 0.2) is 17.4 Å². The monoisotopic (exact) mass is 331 g/mol. The van der Waals surface area contributed by atoms with Gasteiger partial charge >= 0.3 is 0 Å². The van der Waals surface area contributed by atoms with E-state index in [1.54, 1.807) is 0 Å². The second-order valence-corrected chi connectivity index (χ2v) is 5.08. The molecule has 0 saturated heterocycles. The van der Waals surface area contributed by atoms with Gasteiger partial charge in [0.25, 0.3) is 0 Å². The Labute approximate surface area is 129 Å². The molecule has 2 aromatic carbocycles. The van der Waals surface area contributed by atoms with Crippen molar-refractivity contribution < 1.29 is 18.7 Å². The Kier molecular flexibility index (Phi) is 4.65. The number of hydrogen-bond donors (Lipinski definition) is 2. The lowest BCUT2D eigenvalue weighted by molar-refractivity contribution is -0.115. The number of amides is 1. The second-order valence-electron chi connectivity index (χ2n) is 4.26. The van der Waals surface area contributed by atoms with Crippen LogP contribution in [0.2, 0.25) is 10.0 Å². The summed E-state index contributed by atoms with van der Waals surface area (Å²) in [6.45, 7) is 0. The Morgan fingerprint density at radius 1 is 1.10 bits per heavy atom. The van der Waals surface area contributed by atoms with Gasteiger partial charge in [-0.1, -0.05) is 29.3 Å². The highest BCUT2D eigenvalue weighted by atomic mass is 35.5. The molecule has 0 aliphatic carbocycles. The summed E-state index contributed by atoms with van der Waals surface area (Å²) in [6.07, 6.45) is -0.146. The molecule has 2 N–H and O–H groups in total. The van der Waals surface area contributed by atoms with E-state index in [1.165, 1.54) is 18.2 Å². The smallest absolute Gasteiger partial charge is 0.228 e. The molecule has 0 aromatic heterocycles. The number of phenols is 1. The van der Waals surface area contributed by atoms with Gasteiger partial charge in [0.1, 0.15) is 0 Å². The van der Waals surface area contributed by atoms with Crippen LogP contribution in [-0.2, 0) is 11.2 Å². The molecular formula is C14H9Cl2F2NO2. The van der Waals surface area contributed by atoms with E-state index in [4.69, 9.17) is 23.2 Å². The number of carbonyl (C=O) groups is 1. The first-order valence-electron chi connectivity index (χ1n) is 5.78. The standard InChI is InChI=1S/C14H9Cl2F2NO2/c15-9-5-8(6-10(16)14(9)21)19-13(20)4-7-1-2-11(17)12(18)3-7/h1-3,5-6,21H,4H2,(H,19,20). The molecule has 0 heterocycles. The quantitative estimate of drug-likeness (QED) is 0.830. The first kappa shape index (κ1) is 15.5. The number of halogens is 4. The largest absolute Gasteiger partial charge is 0.505 e. The van der Waals surface area contributed by atoms with Gasteiger partial charge in [-0.25, -0.2) is 8.78 Å². The number of benzene rings is 2. The highest BCUT2D eigenvalue weighted by Crippen LogP contribution is 2.34. The van der Waals surface area contributed by atoms with E-state index in [-0.39, 0.29) is 27.9 Å². The van der Waals surface area contributed by atoms with E-state index in [2.05, 4.69) is 5.32 Å². The summed E-state index contributed by atoms with van der Waals surface area (Å²) >= 11 is 11.4. The number of aromatic hydroxyl groups is 1. The van der Waals surface area contributed by atoms with E-state index in [0.717, 1.165) is 12.1 Å². The first-order chi connectivity index (χ1) is 9.86. The molecule has 7 heteroatoms. The second kappa shape index (κ2) is 6.28. The molecule has 21 heavy (non-hydrogen) atoms. The first-order valence-corrected chi connectivity index (χ1v) is 6.54. The Balaban J connectivity index is 2.09. The Bertz CT molecular complexity index is 684. The van der Waals surface area contributed by atoms with Crippen molar-refractivity contribution in [3.63, 3.8) is 0 Å². The fraction of sp³-hybridized carbons (Fsp3) is 0.0714. The van der Waals surface area contributed by atoms with E-state index in [0.29, 0.717) is 5.56 Å². The van der Waals surface area contributed by atoms with Crippen molar-refractivity contribution in [2.75, 3.05) is 5.32 Å². The summed E-state index contributed by atoms with van der Waals surface area (Å²) in [5.41, 5.74) is 0.609. The minimum Gasteiger partial charge on any atom is -0.505 e. The van der Waals surface area contributed by atoms with Crippen molar-refractivity contribution in [3.8, 4) is 5.75 Å². The van der Waals surface area contributed by atoms with Crippen molar-refractivity contribution in [3.05, 3.63) is 57.6 Å². The number of anilines is 1. The maximum absolute atomic E-state index is 13.0. The van der Waals surface area contributed by atoms with Crippen molar-refractivity contribution in [1.29, 1.82) is 0 Å². The van der Waals surface area contributed by atoms with Crippen LogP contribution in [-0.4, -0.2) is 11.0 Å². The van der Waals surface area contributed by atoms with Crippen LogP contribution in [0.1, 0.15) is 5.56 Å². The maximum Gasteiger partial charge on any atom is 0.228 e. The SMILES string of the molecule is O=C(Cc1ccc(F)c(F)c1)Nc1cc(Cl)c(O)c(Cl)c1. The molecular weight excluding hydrogens is 323 g/mol. The Morgan fingerprint density at radius 3 is 2.29 bits per heavy atom. The van der Waals surface area contributed by atoms with Crippen LogP contribution >= 0.6 is 23.2 Å². The fourth-order valence-electron chi connectivity index (χ4n) is 1.68. The summed E-state index contributed by atoms with van der Waals surface area (Å²) in [4.78, 5) is 11.8. The van der Waals surface area contributed by atoms with Crippen LogP contribution in [0.3, 0.4) is 0 Å². The zero-order valence-electron chi connectivity index (χ0n) is 10.5. The molecule has 0 fully saturated rings. The van der Waals surface area contributed by atoms with Crippen molar-refractivity contribution in [2.45, 2.75) is 6.42 Å². The van der Waals surface area contributed by atoms with Crippen LogP contribution in [0, 0.1) is 11.6 Å². The van der Waals surface area contributed by atoms with Crippen molar-refractivity contribution >= 4 is 34.8 Å². The average Bonchev–Trinajstić information content (AvgIpc) is 2.40. The molecule has 1 amide bonds. The van der Waals surface area contributed by atoms with Gasteiger partial charge in [-0.05, 0) is 29.8 Å². The van der Waals surface area contributed by atoms with E-state index in [1.807, 2.05) is 0 Å². The Hall–Kier alpha value is -1.85. The van der Waals surface area contributed by atoms with Crippen LogP contribution in [0.5, 0.6) is 5.75 Å². The van der Waals surface area contributed by atoms with Gasteiger partial charge < -0.3 is 10.4 Å². The molecule has 110 valence electrons. The Morgan fingerprint density at radius 2 is 1.71 bits per heavy atom. The van der Waals surface area contributed by atoms with Crippen LogP contribution in [0.25, 0.3) is 0 Å². The number of hydrogen-bond acceptors (Lipinski definition) is 2. The van der Waals surface area contributed by atoms with Crippen LogP contribution < -0.4 is 5.32 Å². The molecule has 2 aromatic rings. The van der Waals surface area contributed by atoms with Crippen molar-refractivity contribution in [2.24, 2.45) is 0 Å². The molecule has 0 bridgehead atoms. The van der Waals surface area contributed by atoms with Gasteiger partial charge in [0.2, 0.25) is 5.91 Å². The van der Waals surface area contributed by atoms with Gasteiger partial charge in [0.05, 0.1) is 16.5 Å². The topological polar surface area (TPSA) is 49.3 Å². The summed E-state index contributed by atoms with van der Waals surface area (Å²) < 4.78 is 25.8. The van der Waals surface area contributed by atoms with Gasteiger partial charge in [-0.2, -0.15) is 0 Å². The highest BCUT2D eigenvalue weighted by Gasteiger charge is 2.11. The molecule has 0 unspecified atom stereocenters. The lowest BCUT2D eigenvalue weighted by Crippen LogP contribution is -2.14. The maximum atomic E-state index is 13.0. The molecule has 2 rings (SSSR count). The van der Waals surface area contributed by atoms with E-state index < -0.39 is 17.5 Å². The number of rotatable bonds is 3. The van der Waals surface area contributed by atoms with Crippen LogP contribution in [0.4, 0.5) is 14.5 Å². The predicted molar refractivity (Wildman–Crippen MR) is 76.8 cm³/mol. The highest BCUT2D eigenvalue weighted by molar-refractivity contribution is 6.37. The van der Waals surface area contributed by atoms with E-state index >= 15 is 0 Å². The molecule has 0 aliphatic rings. The number of carbonyl (C=O) groups excluding carboxylic acids is 1. The summed E-state index contributed by atoms with van der Waals surface area (Å²) in [5.74, 6) is -2.73. The lowest BCUT2D eigenvalue weighted by atomic mass is 10.1. The summed E-state index contributed by atoms with van der Waals surface area (Å²) in [5, 5.41) is 11.9. The normalized spacial score (nSPS) is 10.5. The minimum atomic E-state index is -1.02. The molecule has 3 nitrogen and oxygen atoms in total. The molecule has 0 aliphatic heterocycles. The zero-order chi connectivity index (χ0) is 15.6. The molecule has 0 saturated carbocycles. The fourth-order valence-corrected chi connectivity index (χ4v) is 2.16. The molecule has 0 spiro atoms. The zero-order valence-corrected chi connectivity index (χ0v) is 12.0. The third-order valence-corrected chi connectivity index (χ3v) is 3.23. The van der Waals surface area contributed by atoms with Crippen molar-refractivity contribution in [1.82, 2.24) is 0 Å².